The Labute approximate surface area is 94.1 Å². The molecule has 0 aromatic rings. The zero-order valence-electron chi connectivity index (χ0n) is 10.6. The van der Waals surface area contributed by atoms with Crippen LogP contribution in [0.2, 0.25) is 0 Å². The summed E-state index contributed by atoms with van der Waals surface area (Å²) in [5.74, 6) is 0. The van der Waals surface area contributed by atoms with Crippen LogP contribution in [0.4, 0.5) is 0 Å². The summed E-state index contributed by atoms with van der Waals surface area (Å²) in [6.45, 7) is 11.8. The first-order valence-electron chi connectivity index (χ1n) is 5.96. The quantitative estimate of drug-likeness (QED) is 0.682. The maximum Gasteiger partial charge on any atom is 0.0554 e. The maximum absolute atomic E-state index is 5.23. The third kappa shape index (κ3) is 4.80. The van der Waals surface area contributed by atoms with Crippen molar-refractivity contribution in [3.8, 4) is 0 Å². The second-order valence-electron chi connectivity index (χ2n) is 5.44. The van der Waals surface area contributed by atoms with Crippen molar-refractivity contribution >= 4 is 0 Å². The highest BCUT2D eigenvalue weighted by Crippen LogP contribution is 2.25. The monoisotopic (exact) mass is 211 g/mol. The molecule has 0 aromatic carbocycles. The van der Waals surface area contributed by atoms with Crippen molar-refractivity contribution in [3.05, 3.63) is 11.6 Å². The molecule has 1 atom stereocenters. The molecule has 15 heavy (non-hydrogen) atoms. The van der Waals surface area contributed by atoms with Crippen molar-refractivity contribution in [2.24, 2.45) is 5.41 Å². The maximum atomic E-state index is 5.23. The molecule has 1 aliphatic rings. The van der Waals surface area contributed by atoms with E-state index in [2.05, 4.69) is 39.1 Å². The molecule has 88 valence electrons. The SMILES string of the molecule is CC(C)=CCCC(C)NCC1(C)COC1. The van der Waals surface area contributed by atoms with Gasteiger partial charge in [0.15, 0.2) is 0 Å². The van der Waals surface area contributed by atoms with E-state index in [1.807, 2.05) is 0 Å². The molecule has 0 spiro atoms. The molecule has 0 bridgehead atoms. The van der Waals surface area contributed by atoms with Gasteiger partial charge in [0.2, 0.25) is 0 Å². The minimum Gasteiger partial charge on any atom is -0.380 e. The molecule has 0 aliphatic carbocycles. The Bertz CT molecular complexity index is 215. The van der Waals surface area contributed by atoms with Crippen molar-refractivity contribution < 1.29 is 4.74 Å². The van der Waals surface area contributed by atoms with E-state index < -0.39 is 0 Å². The summed E-state index contributed by atoms with van der Waals surface area (Å²) in [7, 11) is 0. The van der Waals surface area contributed by atoms with Crippen LogP contribution >= 0.6 is 0 Å². The van der Waals surface area contributed by atoms with Gasteiger partial charge in [-0.15, -0.1) is 0 Å². The summed E-state index contributed by atoms with van der Waals surface area (Å²) >= 11 is 0. The molecule has 0 aromatic heterocycles. The summed E-state index contributed by atoms with van der Waals surface area (Å²) < 4.78 is 5.23. The Kier molecular flexibility index (Phi) is 4.81. The van der Waals surface area contributed by atoms with Crippen LogP contribution in [0, 0.1) is 5.41 Å². The van der Waals surface area contributed by atoms with E-state index in [1.165, 1.54) is 18.4 Å². The van der Waals surface area contributed by atoms with Gasteiger partial charge < -0.3 is 10.1 Å². The van der Waals surface area contributed by atoms with Gasteiger partial charge in [0.1, 0.15) is 0 Å². The van der Waals surface area contributed by atoms with E-state index in [1.54, 1.807) is 0 Å². The molecule has 1 N–H and O–H groups in total. The highest BCUT2D eigenvalue weighted by atomic mass is 16.5. The standard InChI is InChI=1S/C13H25NO/c1-11(2)6-5-7-12(3)14-8-13(4)9-15-10-13/h6,12,14H,5,7-10H2,1-4H3. The Morgan fingerprint density at radius 2 is 2.13 bits per heavy atom. The zero-order chi connectivity index (χ0) is 11.3. The van der Waals surface area contributed by atoms with E-state index in [9.17, 15) is 0 Å². The van der Waals surface area contributed by atoms with Crippen LogP contribution in [0.25, 0.3) is 0 Å². The number of nitrogens with one attached hydrogen (secondary N) is 1. The molecule has 1 aliphatic heterocycles. The molecular weight excluding hydrogens is 186 g/mol. The minimum absolute atomic E-state index is 0.394. The van der Waals surface area contributed by atoms with Crippen LogP contribution < -0.4 is 5.32 Å². The molecule has 0 amide bonds. The Hall–Kier alpha value is -0.340. The molecule has 1 fully saturated rings. The molecule has 2 nitrogen and oxygen atoms in total. The van der Waals surface area contributed by atoms with E-state index in [0.29, 0.717) is 11.5 Å². The Morgan fingerprint density at radius 3 is 2.60 bits per heavy atom. The summed E-state index contributed by atoms with van der Waals surface area (Å²) in [6, 6.07) is 0.609. The van der Waals surface area contributed by atoms with Gasteiger partial charge in [-0.3, -0.25) is 0 Å². The van der Waals surface area contributed by atoms with Crippen LogP contribution in [-0.4, -0.2) is 25.8 Å². The van der Waals surface area contributed by atoms with Crippen molar-refractivity contribution in [1.29, 1.82) is 0 Å². The fourth-order valence-electron chi connectivity index (χ4n) is 1.70. The second-order valence-corrected chi connectivity index (χ2v) is 5.44. The molecule has 1 unspecified atom stereocenters. The third-order valence-electron chi connectivity index (χ3n) is 2.93. The number of hydrogen-bond acceptors (Lipinski definition) is 2. The van der Waals surface area contributed by atoms with E-state index in [4.69, 9.17) is 4.74 Å². The summed E-state index contributed by atoms with van der Waals surface area (Å²) in [5.41, 5.74) is 1.81. The van der Waals surface area contributed by atoms with Gasteiger partial charge in [0, 0.05) is 18.0 Å². The topological polar surface area (TPSA) is 21.3 Å². The van der Waals surface area contributed by atoms with E-state index in [0.717, 1.165) is 19.8 Å². The van der Waals surface area contributed by atoms with Crippen molar-refractivity contribution in [3.63, 3.8) is 0 Å². The second kappa shape index (κ2) is 5.66. The van der Waals surface area contributed by atoms with Gasteiger partial charge in [0.05, 0.1) is 13.2 Å². The fourth-order valence-corrected chi connectivity index (χ4v) is 1.70. The number of hydrogen-bond donors (Lipinski definition) is 1. The van der Waals surface area contributed by atoms with Gasteiger partial charge in [-0.1, -0.05) is 18.6 Å². The third-order valence-corrected chi connectivity index (χ3v) is 2.93. The summed E-state index contributed by atoms with van der Waals surface area (Å²) in [4.78, 5) is 0. The van der Waals surface area contributed by atoms with Gasteiger partial charge in [-0.05, 0) is 33.6 Å². The van der Waals surface area contributed by atoms with Crippen molar-refractivity contribution in [2.75, 3.05) is 19.8 Å². The lowest BCUT2D eigenvalue weighted by Crippen LogP contribution is -2.49. The summed E-state index contributed by atoms with van der Waals surface area (Å²) in [6.07, 6.45) is 4.72. The van der Waals surface area contributed by atoms with Gasteiger partial charge in [-0.2, -0.15) is 0 Å². The molecule has 1 saturated heterocycles. The van der Waals surface area contributed by atoms with Crippen LogP contribution in [0.15, 0.2) is 11.6 Å². The fraction of sp³-hybridized carbons (Fsp3) is 0.846. The number of ether oxygens (including phenoxy) is 1. The van der Waals surface area contributed by atoms with Crippen molar-refractivity contribution in [2.45, 2.75) is 46.6 Å². The van der Waals surface area contributed by atoms with Crippen LogP contribution in [0.1, 0.15) is 40.5 Å². The van der Waals surface area contributed by atoms with Gasteiger partial charge in [0.25, 0.3) is 0 Å². The van der Waals surface area contributed by atoms with Crippen molar-refractivity contribution in [1.82, 2.24) is 5.32 Å². The molecule has 1 rings (SSSR count). The minimum atomic E-state index is 0.394. The zero-order valence-corrected chi connectivity index (χ0v) is 10.6. The smallest absolute Gasteiger partial charge is 0.0554 e. The molecule has 2 heteroatoms. The lowest BCUT2D eigenvalue weighted by molar-refractivity contribution is -0.0999. The lowest BCUT2D eigenvalue weighted by Gasteiger charge is -2.39. The predicted molar refractivity (Wildman–Crippen MR) is 65.1 cm³/mol. The Morgan fingerprint density at radius 1 is 1.47 bits per heavy atom. The molecule has 0 radical (unpaired) electrons. The Balaban J connectivity index is 2.08. The first kappa shape index (κ1) is 12.7. The lowest BCUT2D eigenvalue weighted by atomic mass is 9.88. The average molecular weight is 211 g/mol. The highest BCUT2D eigenvalue weighted by molar-refractivity contribution is 4.93. The van der Waals surface area contributed by atoms with Gasteiger partial charge >= 0.3 is 0 Å². The van der Waals surface area contributed by atoms with E-state index >= 15 is 0 Å². The molecular formula is C13H25NO. The summed E-state index contributed by atoms with van der Waals surface area (Å²) in [5, 5.41) is 3.59. The number of allylic oxidation sites excluding steroid dienone is 2. The first-order valence-corrected chi connectivity index (χ1v) is 5.96. The van der Waals surface area contributed by atoms with E-state index in [-0.39, 0.29) is 0 Å². The molecule has 0 saturated carbocycles. The van der Waals surface area contributed by atoms with Crippen LogP contribution in [-0.2, 0) is 4.74 Å². The average Bonchev–Trinajstić information content (AvgIpc) is 2.11. The first-order chi connectivity index (χ1) is 7.02. The predicted octanol–water partition coefficient (Wildman–Crippen LogP) is 2.75. The normalized spacial score (nSPS) is 20.5. The van der Waals surface area contributed by atoms with Crippen LogP contribution in [0.3, 0.4) is 0 Å². The van der Waals surface area contributed by atoms with Crippen LogP contribution in [0.5, 0.6) is 0 Å². The molecule has 1 heterocycles. The van der Waals surface area contributed by atoms with Gasteiger partial charge in [-0.25, -0.2) is 0 Å². The largest absolute Gasteiger partial charge is 0.380 e. The number of rotatable bonds is 6. The highest BCUT2D eigenvalue weighted by Gasteiger charge is 2.32.